The summed E-state index contributed by atoms with van der Waals surface area (Å²) in [6, 6.07) is 10.2. The van der Waals surface area contributed by atoms with Gasteiger partial charge in [0.2, 0.25) is 0 Å². The summed E-state index contributed by atoms with van der Waals surface area (Å²) in [6.45, 7) is 5.64. The molecule has 0 saturated carbocycles. The van der Waals surface area contributed by atoms with Gasteiger partial charge in [-0.25, -0.2) is 0 Å². The van der Waals surface area contributed by atoms with E-state index in [9.17, 15) is 0 Å². The van der Waals surface area contributed by atoms with Crippen LogP contribution in [0, 0.1) is 0 Å². The van der Waals surface area contributed by atoms with Crippen molar-refractivity contribution in [1.29, 1.82) is 0 Å². The fourth-order valence-electron chi connectivity index (χ4n) is 1.96. The van der Waals surface area contributed by atoms with Gasteiger partial charge < -0.3 is 9.47 Å². The SMILES string of the molecule is CCCOc1c(OCc2ccccc2)csc1CCC. The standard InChI is InChI=1S/C17H22O2S/c1-3-8-16-17(18-11-4-2)15(13-20-16)19-12-14-9-6-5-7-10-14/h5-7,9-10,13H,3-4,8,11-12H2,1-2H3. The Hall–Kier alpha value is -1.48. The number of hydrogen-bond donors (Lipinski definition) is 0. The molecule has 0 amide bonds. The van der Waals surface area contributed by atoms with Crippen molar-refractivity contribution in [1.82, 2.24) is 0 Å². The van der Waals surface area contributed by atoms with E-state index in [-0.39, 0.29) is 0 Å². The maximum Gasteiger partial charge on any atom is 0.175 e. The zero-order valence-electron chi connectivity index (χ0n) is 12.2. The van der Waals surface area contributed by atoms with Crippen molar-refractivity contribution in [2.75, 3.05) is 6.61 Å². The Kier molecular flexibility index (Phi) is 5.93. The first-order valence-electron chi connectivity index (χ1n) is 7.25. The first-order valence-corrected chi connectivity index (χ1v) is 8.13. The van der Waals surface area contributed by atoms with Gasteiger partial charge in [0.1, 0.15) is 6.61 Å². The minimum Gasteiger partial charge on any atom is -0.489 e. The second-order valence-corrected chi connectivity index (χ2v) is 5.69. The van der Waals surface area contributed by atoms with Crippen LogP contribution < -0.4 is 9.47 Å². The van der Waals surface area contributed by atoms with Crippen LogP contribution in [0.1, 0.15) is 37.1 Å². The van der Waals surface area contributed by atoms with Crippen LogP contribution in [0.2, 0.25) is 0 Å². The summed E-state index contributed by atoms with van der Waals surface area (Å²) in [6.07, 6.45) is 3.19. The summed E-state index contributed by atoms with van der Waals surface area (Å²) in [5.74, 6) is 1.84. The van der Waals surface area contributed by atoms with Crippen LogP contribution in [-0.4, -0.2) is 6.61 Å². The van der Waals surface area contributed by atoms with Crippen LogP contribution >= 0.6 is 11.3 Å². The van der Waals surface area contributed by atoms with Crippen LogP contribution in [-0.2, 0) is 13.0 Å². The van der Waals surface area contributed by atoms with Crippen molar-refractivity contribution in [3.63, 3.8) is 0 Å². The molecule has 0 N–H and O–H groups in total. The predicted molar refractivity (Wildman–Crippen MR) is 84.9 cm³/mol. The van der Waals surface area contributed by atoms with E-state index in [1.165, 1.54) is 10.4 Å². The van der Waals surface area contributed by atoms with Crippen LogP contribution in [0.5, 0.6) is 11.5 Å². The largest absolute Gasteiger partial charge is 0.489 e. The van der Waals surface area contributed by atoms with E-state index in [2.05, 4.69) is 31.4 Å². The lowest BCUT2D eigenvalue weighted by atomic mass is 10.2. The Labute approximate surface area is 125 Å². The van der Waals surface area contributed by atoms with Crippen LogP contribution in [0.25, 0.3) is 0 Å². The third-order valence-electron chi connectivity index (χ3n) is 2.95. The van der Waals surface area contributed by atoms with Gasteiger partial charge in [0.15, 0.2) is 11.5 Å². The molecule has 0 aliphatic rings. The number of benzene rings is 1. The number of aryl methyl sites for hydroxylation is 1. The Bertz CT molecular complexity index is 505. The molecule has 20 heavy (non-hydrogen) atoms. The number of hydrogen-bond acceptors (Lipinski definition) is 3. The van der Waals surface area contributed by atoms with Crippen molar-refractivity contribution < 1.29 is 9.47 Å². The topological polar surface area (TPSA) is 18.5 Å². The number of ether oxygens (including phenoxy) is 2. The Morgan fingerprint density at radius 2 is 1.80 bits per heavy atom. The third kappa shape index (κ3) is 4.01. The minimum atomic E-state index is 0.589. The molecule has 0 fully saturated rings. The maximum atomic E-state index is 5.93. The lowest BCUT2D eigenvalue weighted by Crippen LogP contribution is -2.00. The second-order valence-electron chi connectivity index (χ2n) is 4.72. The van der Waals surface area contributed by atoms with Crippen molar-refractivity contribution in [3.8, 4) is 11.5 Å². The van der Waals surface area contributed by atoms with E-state index in [0.717, 1.165) is 37.4 Å². The first kappa shape index (κ1) is 14.9. The highest BCUT2D eigenvalue weighted by atomic mass is 32.1. The van der Waals surface area contributed by atoms with E-state index in [1.54, 1.807) is 11.3 Å². The van der Waals surface area contributed by atoms with E-state index in [4.69, 9.17) is 9.47 Å². The van der Waals surface area contributed by atoms with Gasteiger partial charge in [0.05, 0.1) is 11.5 Å². The molecule has 0 radical (unpaired) electrons. The highest BCUT2D eigenvalue weighted by molar-refractivity contribution is 7.10. The van der Waals surface area contributed by atoms with Gasteiger partial charge in [0, 0.05) is 5.38 Å². The molecular weight excluding hydrogens is 268 g/mol. The van der Waals surface area contributed by atoms with Gasteiger partial charge in [-0.3, -0.25) is 0 Å². The van der Waals surface area contributed by atoms with E-state index in [1.807, 2.05) is 18.2 Å². The molecule has 0 unspecified atom stereocenters. The van der Waals surface area contributed by atoms with Gasteiger partial charge in [-0.1, -0.05) is 50.6 Å². The molecule has 2 nitrogen and oxygen atoms in total. The molecule has 1 aromatic heterocycles. The third-order valence-corrected chi connectivity index (χ3v) is 3.96. The lowest BCUT2D eigenvalue weighted by Gasteiger charge is -2.10. The Morgan fingerprint density at radius 3 is 2.50 bits per heavy atom. The summed E-state index contributed by atoms with van der Waals surface area (Å²) in [4.78, 5) is 1.30. The van der Waals surface area contributed by atoms with Crippen LogP contribution in [0.4, 0.5) is 0 Å². The molecule has 2 aromatic rings. The zero-order valence-corrected chi connectivity index (χ0v) is 13.0. The molecule has 2 rings (SSSR count). The van der Waals surface area contributed by atoms with Crippen LogP contribution in [0.15, 0.2) is 35.7 Å². The molecule has 0 spiro atoms. The Balaban J connectivity index is 2.06. The van der Waals surface area contributed by atoms with Gasteiger partial charge in [-0.2, -0.15) is 0 Å². The fraction of sp³-hybridized carbons (Fsp3) is 0.412. The van der Waals surface area contributed by atoms with Gasteiger partial charge in [0.25, 0.3) is 0 Å². The highest BCUT2D eigenvalue weighted by Crippen LogP contribution is 2.38. The molecule has 3 heteroatoms. The molecule has 0 aliphatic carbocycles. The molecular formula is C17H22O2S. The van der Waals surface area contributed by atoms with Crippen molar-refractivity contribution in [2.24, 2.45) is 0 Å². The minimum absolute atomic E-state index is 0.589. The summed E-state index contributed by atoms with van der Waals surface area (Å²) >= 11 is 1.74. The Morgan fingerprint density at radius 1 is 1.00 bits per heavy atom. The molecule has 0 saturated heterocycles. The van der Waals surface area contributed by atoms with Crippen molar-refractivity contribution in [3.05, 3.63) is 46.2 Å². The lowest BCUT2D eigenvalue weighted by molar-refractivity contribution is 0.262. The van der Waals surface area contributed by atoms with E-state index >= 15 is 0 Å². The maximum absolute atomic E-state index is 5.93. The molecule has 0 bridgehead atoms. The summed E-state index contributed by atoms with van der Waals surface area (Å²) in [7, 11) is 0. The second kappa shape index (κ2) is 7.95. The number of thiophene rings is 1. The molecule has 1 aromatic carbocycles. The summed E-state index contributed by atoms with van der Waals surface area (Å²) in [5.41, 5.74) is 1.18. The van der Waals surface area contributed by atoms with Crippen LogP contribution in [0.3, 0.4) is 0 Å². The van der Waals surface area contributed by atoms with E-state index in [0.29, 0.717) is 6.61 Å². The van der Waals surface area contributed by atoms with Gasteiger partial charge in [-0.15, -0.1) is 11.3 Å². The first-order chi connectivity index (χ1) is 9.85. The summed E-state index contributed by atoms with van der Waals surface area (Å²) < 4.78 is 11.8. The van der Waals surface area contributed by atoms with Crippen molar-refractivity contribution >= 4 is 11.3 Å². The number of rotatable bonds is 8. The predicted octanol–water partition coefficient (Wildman–Crippen LogP) is 5.07. The van der Waals surface area contributed by atoms with E-state index < -0.39 is 0 Å². The molecule has 108 valence electrons. The quantitative estimate of drug-likeness (QED) is 0.676. The normalized spacial score (nSPS) is 10.5. The average Bonchev–Trinajstić information content (AvgIpc) is 2.86. The fourth-order valence-corrected chi connectivity index (χ4v) is 2.97. The highest BCUT2D eigenvalue weighted by Gasteiger charge is 2.14. The average molecular weight is 290 g/mol. The van der Waals surface area contributed by atoms with Gasteiger partial charge >= 0.3 is 0 Å². The molecule has 1 heterocycles. The van der Waals surface area contributed by atoms with Crippen molar-refractivity contribution in [2.45, 2.75) is 39.7 Å². The molecule has 0 aliphatic heterocycles. The van der Waals surface area contributed by atoms with Gasteiger partial charge in [-0.05, 0) is 18.4 Å². The molecule has 0 atom stereocenters. The zero-order chi connectivity index (χ0) is 14.2. The monoisotopic (exact) mass is 290 g/mol. The summed E-state index contributed by atoms with van der Waals surface area (Å²) in [5, 5.41) is 2.07. The smallest absolute Gasteiger partial charge is 0.175 e.